The molecular weight excluding hydrogens is 348 g/mol. The number of nitrogens with zero attached hydrogens (tertiary/aromatic N) is 4. The van der Waals surface area contributed by atoms with E-state index < -0.39 is 0 Å². The van der Waals surface area contributed by atoms with Crippen molar-refractivity contribution >= 4 is 27.8 Å². The number of rotatable bonds is 4. The average Bonchev–Trinajstić information content (AvgIpc) is 3.08. The van der Waals surface area contributed by atoms with Gasteiger partial charge in [0.2, 0.25) is 5.95 Å². The second kappa shape index (κ2) is 6.10. The fourth-order valence-corrected chi connectivity index (χ4v) is 2.39. The van der Waals surface area contributed by atoms with Crippen molar-refractivity contribution in [1.29, 1.82) is 0 Å². The maximum Gasteiger partial charge on any atom is 0.277 e. The van der Waals surface area contributed by atoms with Crippen LogP contribution < -0.4 is 5.32 Å². The smallest absolute Gasteiger partial charge is 0.277 e. The summed E-state index contributed by atoms with van der Waals surface area (Å²) in [6.45, 7) is 2.64. The summed E-state index contributed by atoms with van der Waals surface area (Å²) in [4.78, 5) is 16.1. The number of aryl methyl sites for hydroxylation is 1. The Kier molecular flexibility index (Phi) is 4.01. The molecule has 1 amide bonds. The first-order chi connectivity index (χ1) is 10.6. The number of amides is 1. The Morgan fingerprint density at radius 2 is 2.32 bits per heavy atom. The van der Waals surface area contributed by atoms with Gasteiger partial charge in [0.25, 0.3) is 5.91 Å². The number of carbonyl (C=O) groups excluding carboxylic acids is 1. The summed E-state index contributed by atoms with van der Waals surface area (Å²) in [5, 5.41) is 13.2. The van der Waals surface area contributed by atoms with Crippen LogP contribution in [0.2, 0.25) is 0 Å². The molecule has 0 saturated heterocycles. The summed E-state index contributed by atoms with van der Waals surface area (Å²) in [6, 6.07) is 8.15. The van der Waals surface area contributed by atoms with E-state index in [0.717, 1.165) is 5.56 Å². The third-order valence-electron chi connectivity index (χ3n) is 3.01. The lowest BCUT2D eigenvalue weighted by Crippen LogP contribution is -2.14. The van der Waals surface area contributed by atoms with Crippen molar-refractivity contribution < 1.29 is 4.79 Å². The monoisotopic (exact) mass is 360 g/mol. The van der Waals surface area contributed by atoms with E-state index in [0.29, 0.717) is 16.7 Å². The van der Waals surface area contributed by atoms with Crippen molar-refractivity contribution in [2.75, 3.05) is 5.32 Å². The molecule has 0 aliphatic carbocycles. The summed E-state index contributed by atoms with van der Waals surface area (Å²) in [5.74, 6) is -0.100. The van der Waals surface area contributed by atoms with Gasteiger partial charge in [-0.1, -0.05) is 29.8 Å². The van der Waals surface area contributed by atoms with Crippen LogP contribution in [0, 0.1) is 6.92 Å². The SMILES string of the molecule is Cc1cccc(Cn2cnc(NC(=O)c3[nH]ncc3Br)n2)c1. The van der Waals surface area contributed by atoms with Gasteiger partial charge >= 0.3 is 0 Å². The number of nitrogens with one attached hydrogen (secondary N) is 2. The highest BCUT2D eigenvalue weighted by molar-refractivity contribution is 9.10. The van der Waals surface area contributed by atoms with Crippen molar-refractivity contribution in [2.45, 2.75) is 13.5 Å². The molecule has 2 N–H and O–H groups in total. The fraction of sp³-hybridized carbons (Fsp3) is 0.143. The number of hydrogen-bond donors (Lipinski definition) is 2. The summed E-state index contributed by atoms with van der Waals surface area (Å²) < 4.78 is 2.26. The zero-order valence-electron chi connectivity index (χ0n) is 11.7. The number of aromatic amines is 1. The third kappa shape index (κ3) is 3.22. The molecule has 0 unspecified atom stereocenters. The van der Waals surface area contributed by atoms with Gasteiger partial charge in [0.05, 0.1) is 17.2 Å². The molecule has 0 atom stereocenters. The van der Waals surface area contributed by atoms with Crippen LogP contribution in [0.1, 0.15) is 21.6 Å². The Morgan fingerprint density at radius 1 is 1.45 bits per heavy atom. The zero-order valence-corrected chi connectivity index (χ0v) is 13.3. The van der Waals surface area contributed by atoms with E-state index in [4.69, 9.17) is 0 Å². The average molecular weight is 361 g/mol. The molecule has 8 heteroatoms. The highest BCUT2D eigenvalue weighted by Gasteiger charge is 2.14. The van der Waals surface area contributed by atoms with E-state index in [-0.39, 0.29) is 11.9 Å². The minimum absolute atomic E-state index is 0.249. The van der Waals surface area contributed by atoms with Crippen LogP contribution in [0.5, 0.6) is 0 Å². The summed E-state index contributed by atoms with van der Waals surface area (Å²) in [5.41, 5.74) is 2.64. The van der Waals surface area contributed by atoms with Gasteiger partial charge in [-0.3, -0.25) is 15.2 Å². The van der Waals surface area contributed by atoms with E-state index in [9.17, 15) is 4.79 Å². The molecule has 22 heavy (non-hydrogen) atoms. The molecule has 3 rings (SSSR count). The van der Waals surface area contributed by atoms with Crippen LogP contribution in [0.25, 0.3) is 0 Å². The molecule has 0 fully saturated rings. The first-order valence-electron chi connectivity index (χ1n) is 6.57. The molecule has 0 aliphatic rings. The predicted molar refractivity (Wildman–Crippen MR) is 84.5 cm³/mol. The van der Waals surface area contributed by atoms with E-state index in [1.807, 2.05) is 25.1 Å². The number of H-pyrrole nitrogens is 1. The molecule has 0 spiro atoms. The second-order valence-corrected chi connectivity index (χ2v) is 5.66. The van der Waals surface area contributed by atoms with E-state index in [1.54, 1.807) is 11.0 Å². The number of carbonyl (C=O) groups is 1. The summed E-state index contributed by atoms with van der Waals surface area (Å²) in [7, 11) is 0. The number of anilines is 1. The topological polar surface area (TPSA) is 88.5 Å². The number of hydrogen-bond acceptors (Lipinski definition) is 4. The molecular formula is C14H13BrN6O. The molecule has 0 saturated carbocycles. The predicted octanol–water partition coefficient (Wildman–Crippen LogP) is 2.37. The lowest BCUT2D eigenvalue weighted by Gasteiger charge is -2.02. The third-order valence-corrected chi connectivity index (χ3v) is 3.61. The van der Waals surface area contributed by atoms with Crippen LogP contribution in [-0.4, -0.2) is 30.9 Å². The van der Waals surface area contributed by atoms with Crippen molar-refractivity contribution in [3.63, 3.8) is 0 Å². The van der Waals surface area contributed by atoms with Crippen molar-refractivity contribution in [2.24, 2.45) is 0 Å². The quantitative estimate of drug-likeness (QED) is 0.747. The number of benzene rings is 1. The Morgan fingerprint density at radius 3 is 3.05 bits per heavy atom. The molecule has 0 aliphatic heterocycles. The summed E-state index contributed by atoms with van der Waals surface area (Å²) >= 11 is 3.24. The maximum absolute atomic E-state index is 12.0. The molecule has 7 nitrogen and oxygen atoms in total. The zero-order chi connectivity index (χ0) is 15.5. The largest absolute Gasteiger partial charge is 0.288 e. The maximum atomic E-state index is 12.0. The van der Waals surface area contributed by atoms with E-state index in [1.165, 1.54) is 11.8 Å². The highest BCUT2D eigenvalue weighted by atomic mass is 79.9. The van der Waals surface area contributed by atoms with Crippen LogP contribution in [0.15, 0.2) is 41.3 Å². The Bertz CT molecular complexity index is 809. The van der Waals surface area contributed by atoms with Crippen LogP contribution >= 0.6 is 15.9 Å². The van der Waals surface area contributed by atoms with Gasteiger partial charge in [0.1, 0.15) is 12.0 Å². The minimum atomic E-state index is -0.349. The van der Waals surface area contributed by atoms with Gasteiger partial charge in [0.15, 0.2) is 0 Å². The lowest BCUT2D eigenvalue weighted by molar-refractivity contribution is 0.102. The molecule has 112 valence electrons. The number of aromatic nitrogens is 5. The van der Waals surface area contributed by atoms with Gasteiger partial charge in [-0.05, 0) is 28.4 Å². The molecule has 2 heterocycles. The van der Waals surface area contributed by atoms with E-state index >= 15 is 0 Å². The Hall–Kier alpha value is -2.48. The first kappa shape index (κ1) is 14.5. The van der Waals surface area contributed by atoms with Crippen molar-refractivity contribution in [3.05, 3.63) is 58.1 Å². The normalized spacial score (nSPS) is 10.6. The van der Waals surface area contributed by atoms with Gasteiger partial charge in [-0.2, -0.15) is 5.10 Å². The van der Waals surface area contributed by atoms with Crippen molar-refractivity contribution in [1.82, 2.24) is 25.0 Å². The summed E-state index contributed by atoms with van der Waals surface area (Å²) in [6.07, 6.45) is 3.10. The lowest BCUT2D eigenvalue weighted by atomic mass is 10.1. The van der Waals surface area contributed by atoms with Crippen LogP contribution in [0.3, 0.4) is 0 Å². The fourth-order valence-electron chi connectivity index (χ4n) is 2.02. The van der Waals surface area contributed by atoms with Crippen molar-refractivity contribution in [3.8, 4) is 0 Å². The first-order valence-corrected chi connectivity index (χ1v) is 7.36. The molecule has 3 aromatic rings. The highest BCUT2D eigenvalue weighted by Crippen LogP contribution is 2.14. The standard InChI is InChI=1S/C14H13BrN6O/c1-9-3-2-4-10(5-9)7-21-8-16-14(20-21)18-13(22)12-11(15)6-17-19-12/h2-6,8H,7H2,1H3,(H,17,19)(H,18,20,22). The van der Waals surface area contributed by atoms with Gasteiger partial charge in [0, 0.05) is 0 Å². The van der Waals surface area contributed by atoms with Crippen LogP contribution in [0.4, 0.5) is 5.95 Å². The molecule has 0 radical (unpaired) electrons. The van der Waals surface area contributed by atoms with Gasteiger partial charge in [-0.25, -0.2) is 9.67 Å². The molecule has 1 aromatic carbocycles. The molecule has 2 aromatic heterocycles. The molecule has 0 bridgehead atoms. The number of halogens is 1. The van der Waals surface area contributed by atoms with Crippen LogP contribution in [-0.2, 0) is 6.54 Å². The minimum Gasteiger partial charge on any atom is -0.288 e. The van der Waals surface area contributed by atoms with E-state index in [2.05, 4.69) is 47.6 Å². The Labute approximate surface area is 134 Å². The van der Waals surface area contributed by atoms with Gasteiger partial charge < -0.3 is 0 Å². The Balaban J connectivity index is 1.69. The second-order valence-electron chi connectivity index (χ2n) is 4.80. The van der Waals surface area contributed by atoms with Gasteiger partial charge in [-0.15, -0.1) is 5.10 Å².